The van der Waals surface area contributed by atoms with Gasteiger partial charge in [0, 0.05) is 12.1 Å². The molecule has 0 fully saturated rings. The van der Waals surface area contributed by atoms with Crippen LogP contribution in [0.4, 0.5) is 0 Å². The van der Waals surface area contributed by atoms with Crippen molar-refractivity contribution in [2.75, 3.05) is 0 Å². The van der Waals surface area contributed by atoms with Crippen molar-refractivity contribution in [3.05, 3.63) is 23.9 Å². The molecule has 0 aromatic carbocycles. The number of hydrogen-bond donors (Lipinski definition) is 1. The molecule has 2 heteroatoms. The first-order valence-corrected chi connectivity index (χ1v) is 3.90. The van der Waals surface area contributed by atoms with Gasteiger partial charge in [-0.3, -0.25) is 4.79 Å². The van der Waals surface area contributed by atoms with E-state index < -0.39 is 0 Å². The molecule has 0 aromatic rings. The van der Waals surface area contributed by atoms with E-state index in [1.165, 1.54) is 0 Å². The van der Waals surface area contributed by atoms with Crippen molar-refractivity contribution in [1.82, 2.24) is 0 Å². The van der Waals surface area contributed by atoms with Crippen LogP contribution in [0.5, 0.6) is 0 Å². The fourth-order valence-corrected chi connectivity index (χ4v) is 1.21. The van der Waals surface area contributed by atoms with Gasteiger partial charge in [0.1, 0.15) is 5.78 Å². The van der Waals surface area contributed by atoms with Crippen LogP contribution in [0.15, 0.2) is 23.9 Å². The summed E-state index contributed by atoms with van der Waals surface area (Å²) >= 11 is 0. The average molecular weight is 151 g/mol. The van der Waals surface area contributed by atoms with E-state index in [0.29, 0.717) is 12.1 Å². The Morgan fingerprint density at radius 2 is 2.55 bits per heavy atom. The van der Waals surface area contributed by atoms with Gasteiger partial charge in [-0.2, -0.15) is 0 Å². The second kappa shape index (κ2) is 3.37. The summed E-state index contributed by atoms with van der Waals surface area (Å²) in [6.45, 7) is 1.87. The van der Waals surface area contributed by atoms with E-state index in [1.54, 1.807) is 0 Å². The van der Waals surface area contributed by atoms with Crippen molar-refractivity contribution in [1.29, 1.82) is 0 Å². The highest BCUT2D eigenvalue weighted by molar-refractivity contribution is 5.83. The molecule has 2 N–H and O–H groups in total. The van der Waals surface area contributed by atoms with Gasteiger partial charge in [0.25, 0.3) is 0 Å². The molecule has 1 aliphatic rings. The molecular formula is C9H13NO. The Morgan fingerprint density at radius 1 is 1.82 bits per heavy atom. The van der Waals surface area contributed by atoms with Crippen LogP contribution in [-0.4, -0.2) is 5.78 Å². The molecule has 0 bridgehead atoms. The van der Waals surface area contributed by atoms with Gasteiger partial charge in [-0.25, -0.2) is 0 Å². The predicted molar refractivity (Wildman–Crippen MR) is 44.8 cm³/mol. The number of hydrogen-bond acceptors (Lipinski definition) is 2. The van der Waals surface area contributed by atoms with Crippen LogP contribution in [0, 0.1) is 5.92 Å². The summed E-state index contributed by atoms with van der Waals surface area (Å²) in [5, 5.41) is 0. The summed E-state index contributed by atoms with van der Waals surface area (Å²) in [6.07, 6.45) is 7.03. The molecule has 1 atom stereocenters. The third kappa shape index (κ3) is 1.70. The molecule has 1 unspecified atom stereocenters. The number of Topliss-reactive ketones (excluding diaryl/α,β-unsaturated/α-hetero) is 1. The molecule has 0 saturated heterocycles. The monoisotopic (exact) mass is 151 g/mol. The summed E-state index contributed by atoms with van der Waals surface area (Å²) in [7, 11) is 0. The van der Waals surface area contributed by atoms with E-state index in [9.17, 15) is 4.79 Å². The molecule has 60 valence electrons. The largest absolute Gasteiger partial charge is 0.401 e. The third-order valence-corrected chi connectivity index (χ3v) is 1.94. The van der Waals surface area contributed by atoms with Crippen molar-refractivity contribution >= 4 is 5.78 Å². The number of carbonyl (C=O) groups is 1. The lowest BCUT2D eigenvalue weighted by Gasteiger charge is -2.15. The van der Waals surface area contributed by atoms with Crippen LogP contribution in [0.25, 0.3) is 0 Å². The first-order chi connectivity index (χ1) is 5.25. The van der Waals surface area contributed by atoms with Crippen molar-refractivity contribution in [3.8, 4) is 0 Å². The van der Waals surface area contributed by atoms with Gasteiger partial charge in [-0.15, -0.1) is 0 Å². The zero-order valence-electron chi connectivity index (χ0n) is 6.71. The van der Waals surface area contributed by atoms with Crippen molar-refractivity contribution in [2.45, 2.75) is 19.8 Å². The molecule has 0 heterocycles. The lowest BCUT2D eigenvalue weighted by atomic mass is 9.92. The van der Waals surface area contributed by atoms with Crippen molar-refractivity contribution in [2.24, 2.45) is 11.7 Å². The van der Waals surface area contributed by atoms with Crippen LogP contribution in [0.1, 0.15) is 19.8 Å². The number of allylic oxidation sites excluding steroid dienone is 4. The molecule has 1 aliphatic carbocycles. The zero-order chi connectivity index (χ0) is 8.27. The van der Waals surface area contributed by atoms with E-state index in [2.05, 4.69) is 0 Å². The molecule has 11 heavy (non-hydrogen) atoms. The third-order valence-electron chi connectivity index (χ3n) is 1.94. The quantitative estimate of drug-likeness (QED) is 0.648. The predicted octanol–water partition coefficient (Wildman–Crippen LogP) is 1.38. The van der Waals surface area contributed by atoms with Crippen LogP contribution in [0.3, 0.4) is 0 Å². The molecule has 0 spiro atoms. The van der Waals surface area contributed by atoms with Gasteiger partial charge in [-0.1, -0.05) is 19.1 Å². The highest BCUT2D eigenvalue weighted by Crippen LogP contribution is 2.18. The van der Waals surface area contributed by atoms with Crippen LogP contribution >= 0.6 is 0 Å². The molecule has 0 amide bonds. The Labute approximate surface area is 66.8 Å². The van der Waals surface area contributed by atoms with E-state index in [1.807, 2.05) is 25.2 Å². The summed E-state index contributed by atoms with van der Waals surface area (Å²) in [4.78, 5) is 11.2. The van der Waals surface area contributed by atoms with Crippen LogP contribution < -0.4 is 5.73 Å². The minimum atomic E-state index is -0.0509. The fourth-order valence-electron chi connectivity index (χ4n) is 1.21. The first kappa shape index (κ1) is 8.05. The lowest BCUT2D eigenvalue weighted by Crippen LogP contribution is -2.21. The maximum atomic E-state index is 11.2. The number of nitrogens with two attached hydrogens (primary N) is 1. The van der Waals surface area contributed by atoms with Gasteiger partial charge >= 0.3 is 0 Å². The van der Waals surface area contributed by atoms with E-state index in [0.717, 1.165) is 6.42 Å². The van der Waals surface area contributed by atoms with Crippen LogP contribution in [-0.2, 0) is 4.79 Å². The van der Waals surface area contributed by atoms with Crippen LogP contribution in [0.2, 0.25) is 0 Å². The minimum Gasteiger partial charge on any atom is -0.401 e. The highest BCUT2D eigenvalue weighted by Gasteiger charge is 2.18. The fraction of sp³-hybridized carbons (Fsp3) is 0.444. The molecule has 0 aromatic heterocycles. The second-order valence-corrected chi connectivity index (χ2v) is 2.70. The van der Waals surface area contributed by atoms with Gasteiger partial charge in [-0.05, 0) is 12.5 Å². The number of carbonyl (C=O) groups excluding carboxylic acids is 1. The van der Waals surface area contributed by atoms with Gasteiger partial charge in [0.05, 0.1) is 5.92 Å². The maximum absolute atomic E-state index is 11.2. The smallest absolute Gasteiger partial charge is 0.141 e. The standard InChI is InChI=1S/C9H13NO/c1-2-9(11)7-5-3-4-6-8(7)10/h3-4,6-7H,2,5,10H2,1H3. The number of ketones is 1. The highest BCUT2D eigenvalue weighted by atomic mass is 16.1. The summed E-state index contributed by atoms with van der Waals surface area (Å²) in [5.41, 5.74) is 6.35. The lowest BCUT2D eigenvalue weighted by molar-refractivity contribution is -0.121. The van der Waals surface area contributed by atoms with Gasteiger partial charge < -0.3 is 5.73 Å². The Kier molecular flexibility index (Phi) is 2.47. The molecule has 0 aliphatic heterocycles. The normalized spacial score (nSPS) is 23.0. The second-order valence-electron chi connectivity index (χ2n) is 2.70. The SMILES string of the molecule is CCC(=O)C1CC=CC=C1N. The molecular weight excluding hydrogens is 138 g/mol. The zero-order valence-corrected chi connectivity index (χ0v) is 6.71. The maximum Gasteiger partial charge on any atom is 0.141 e. The molecule has 2 nitrogen and oxygen atoms in total. The number of rotatable bonds is 2. The Hall–Kier alpha value is -1.05. The summed E-state index contributed by atoms with van der Waals surface area (Å²) in [5.74, 6) is 0.188. The van der Waals surface area contributed by atoms with Crippen molar-refractivity contribution in [3.63, 3.8) is 0 Å². The van der Waals surface area contributed by atoms with Gasteiger partial charge in [0.15, 0.2) is 0 Å². The van der Waals surface area contributed by atoms with E-state index in [-0.39, 0.29) is 11.7 Å². The Balaban J connectivity index is 2.68. The Bertz CT molecular complexity index is 216. The topological polar surface area (TPSA) is 43.1 Å². The van der Waals surface area contributed by atoms with E-state index in [4.69, 9.17) is 5.73 Å². The minimum absolute atomic E-state index is 0.0509. The molecule has 0 radical (unpaired) electrons. The Morgan fingerprint density at radius 3 is 3.09 bits per heavy atom. The van der Waals surface area contributed by atoms with E-state index >= 15 is 0 Å². The molecule has 1 rings (SSSR count). The first-order valence-electron chi connectivity index (χ1n) is 3.90. The summed E-state index contributed by atoms with van der Waals surface area (Å²) < 4.78 is 0. The van der Waals surface area contributed by atoms with Crippen molar-refractivity contribution < 1.29 is 4.79 Å². The summed E-state index contributed by atoms with van der Waals surface area (Å²) in [6, 6.07) is 0. The van der Waals surface area contributed by atoms with Gasteiger partial charge in [0.2, 0.25) is 0 Å². The average Bonchev–Trinajstić information content (AvgIpc) is 2.04. The molecule has 0 saturated carbocycles.